The van der Waals surface area contributed by atoms with Crippen LogP contribution in [0.25, 0.3) is 10.9 Å². The fourth-order valence-corrected chi connectivity index (χ4v) is 5.44. The summed E-state index contributed by atoms with van der Waals surface area (Å²) in [5.41, 5.74) is 2.29. The molecule has 30 heavy (non-hydrogen) atoms. The number of hydrogen-bond donors (Lipinski definition) is 3. The van der Waals surface area contributed by atoms with Gasteiger partial charge in [0.15, 0.2) is 5.96 Å². The van der Waals surface area contributed by atoms with Crippen LogP contribution in [0.2, 0.25) is 5.02 Å². The maximum atomic E-state index is 12.2. The summed E-state index contributed by atoms with van der Waals surface area (Å²) in [5.74, 6) is 0.977. The predicted molar refractivity (Wildman–Crippen MR) is 136 cm³/mol. The van der Waals surface area contributed by atoms with E-state index in [0.717, 1.165) is 47.7 Å². The van der Waals surface area contributed by atoms with Crippen molar-refractivity contribution >= 4 is 62.5 Å². The first-order valence-electron chi connectivity index (χ1n) is 10.1. The van der Waals surface area contributed by atoms with Gasteiger partial charge in [0.1, 0.15) is 0 Å². The first kappa shape index (κ1) is 25.2. The lowest BCUT2D eigenvalue weighted by molar-refractivity contribution is 0.306. The van der Waals surface area contributed by atoms with Gasteiger partial charge in [0.25, 0.3) is 0 Å². The topological polar surface area (TPSA) is 89.6 Å². The molecule has 1 aliphatic heterocycles. The third-order valence-electron chi connectivity index (χ3n) is 5.29. The normalized spacial score (nSPS) is 16.4. The molecule has 2 aromatic rings. The van der Waals surface area contributed by atoms with Crippen molar-refractivity contribution < 1.29 is 8.42 Å². The number of nitrogens with one attached hydrogen (secondary N) is 3. The molecule has 0 bridgehead atoms. The zero-order valence-corrected chi connectivity index (χ0v) is 21.4. The summed E-state index contributed by atoms with van der Waals surface area (Å²) in [4.78, 5) is 7.58. The Morgan fingerprint density at radius 1 is 1.33 bits per heavy atom. The van der Waals surface area contributed by atoms with Crippen LogP contribution in [0.5, 0.6) is 0 Å². The molecule has 1 aliphatic rings. The number of piperidine rings is 1. The summed E-state index contributed by atoms with van der Waals surface area (Å²) < 4.78 is 26.0. The van der Waals surface area contributed by atoms with Crippen LogP contribution in [-0.4, -0.2) is 62.1 Å². The number of H-pyrrole nitrogens is 1. The molecule has 1 saturated heterocycles. The van der Waals surface area contributed by atoms with Crippen molar-refractivity contribution in [2.45, 2.75) is 38.6 Å². The smallest absolute Gasteiger partial charge is 0.214 e. The minimum absolute atomic E-state index is 0. The van der Waals surface area contributed by atoms with Gasteiger partial charge in [-0.05, 0) is 49.4 Å². The monoisotopic (exact) mass is 567 g/mol. The second-order valence-corrected chi connectivity index (χ2v) is 9.91. The van der Waals surface area contributed by atoms with Gasteiger partial charge in [-0.3, -0.25) is 4.99 Å². The van der Waals surface area contributed by atoms with E-state index in [0.29, 0.717) is 19.5 Å². The van der Waals surface area contributed by atoms with Crippen molar-refractivity contribution in [3.05, 3.63) is 35.0 Å². The van der Waals surface area contributed by atoms with Crippen LogP contribution in [0.4, 0.5) is 0 Å². The highest BCUT2D eigenvalue weighted by atomic mass is 127. The van der Waals surface area contributed by atoms with Gasteiger partial charge >= 0.3 is 0 Å². The highest BCUT2D eigenvalue weighted by Gasteiger charge is 2.27. The molecule has 3 rings (SSSR count). The average Bonchev–Trinajstić information content (AvgIpc) is 3.09. The lowest BCUT2D eigenvalue weighted by Gasteiger charge is -2.32. The van der Waals surface area contributed by atoms with Crippen LogP contribution in [0.15, 0.2) is 29.4 Å². The van der Waals surface area contributed by atoms with E-state index in [2.05, 4.69) is 20.6 Å². The first-order chi connectivity index (χ1) is 13.9. The fraction of sp³-hybridized carbons (Fsp3) is 0.550. The molecule has 168 valence electrons. The largest absolute Gasteiger partial charge is 0.361 e. The molecule has 0 radical (unpaired) electrons. The van der Waals surface area contributed by atoms with Crippen molar-refractivity contribution in [2.24, 2.45) is 4.99 Å². The van der Waals surface area contributed by atoms with E-state index in [1.807, 2.05) is 31.3 Å². The number of nitrogens with zero attached hydrogens (tertiary/aromatic N) is 2. The van der Waals surface area contributed by atoms with Crippen LogP contribution in [-0.2, 0) is 16.4 Å². The number of aliphatic imine (C=N–C) groups is 1. The molecule has 1 aromatic heterocycles. The van der Waals surface area contributed by atoms with Crippen molar-refractivity contribution in [2.75, 3.05) is 32.4 Å². The van der Waals surface area contributed by atoms with E-state index in [1.165, 1.54) is 5.56 Å². The third kappa shape index (κ3) is 6.48. The van der Waals surface area contributed by atoms with Gasteiger partial charge < -0.3 is 15.6 Å². The molecule has 0 spiro atoms. The molecule has 0 atom stereocenters. The molecular formula is C20H31ClIN5O2S. The number of sulfonamides is 1. The van der Waals surface area contributed by atoms with Gasteiger partial charge in [0.2, 0.25) is 10.0 Å². The Balaban J connectivity index is 0.00000320. The summed E-state index contributed by atoms with van der Waals surface area (Å²) in [7, 11) is -1.35. The van der Waals surface area contributed by atoms with Crippen molar-refractivity contribution in [1.29, 1.82) is 0 Å². The Kier molecular flexibility index (Phi) is 9.70. The van der Waals surface area contributed by atoms with Gasteiger partial charge in [-0.2, -0.15) is 0 Å². The number of aromatic nitrogens is 1. The van der Waals surface area contributed by atoms with E-state index in [4.69, 9.17) is 11.6 Å². The van der Waals surface area contributed by atoms with E-state index in [1.54, 1.807) is 11.4 Å². The molecule has 2 heterocycles. The molecule has 0 saturated carbocycles. The average molecular weight is 568 g/mol. The molecule has 3 N–H and O–H groups in total. The Hall–Kier alpha value is -1.04. The molecule has 0 aliphatic carbocycles. The van der Waals surface area contributed by atoms with Gasteiger partial charge in [-0.25, -0.2) is 12.7 Å². The summed E-state index contributed by atoms with van der Waals surface area (Å²) >= 11 is 6.12. The number of guanidine groups is 1. The summed E-state index contributed by atoms with van der Waals surface area (Å²) in [5, 5.41) is 8.65. The summed E-state index contributed by atoms with van der Waals surface area (Å²) in [6.45, 7) is 3.76. The Morgan fingerprint density at radius 3 is 2.73 bits per heavy atom. The van der Waals surface area contributed by atoms with Crippen molar-refractivity contribution in [3.63, 3.8) is 0 Å². The number of hydrogen-bond acceptors (Lipinski definition) is 3. The first-order valence-corrected chi connectivity index (χ1v) is 12.1. The number of aromatic amines is 1. The molecular weight excluding hydrogens is 537 g/mol. The van der Waals surface area contributed by atoms with Gasteiger partial charge in [0, 0.05) is 54.8 Å². The summed E-state index contributed by atoms with van der Waals surface area (Å²) in [6.07, 6.45) is 5.08. The highest BCUT2D eigenvalue weighted by Crippen LogP contribution is 2.22. The van der Waals surface area contributed by atoms with Gasteiger partial charge in [-0.15, -0.1) is 24.0 Å². The fourth-order valence-electron chi connectivity index (χ4n) is 3.73. The maximum Gasteiger partial charge on any atom is 0.214 e. The molecule has 10 heteroatoms. The number of benzene rings is 1. The Morgan fingerprint density at radius 2 is 2.07 bits per heavy atom. The van der Waals surface area contributed by atoms with Crippen molar-refractivity contribution in [1.82, 2.24) is 19.9 Å². The predicted octanol–water partition coefficient (Wildman–Crippen LogP) is 3.35. The maximum absolute atomic E-state index is 12.2. The standard InChI is InChI=1S/C20H30ClN5O2S.HI/c1-3-12-29(27,28)26-10-7-17(8-11-26)25-20(22-2)23-9-6-15-14-24-19-5-4-16(21)13-18(15)19;/h4-5,13-14,17,24H,3,6-12H2,1-2H3,(H2,22,23,25);1H. The van der Waals surface area contributed by atoms with E-state index >= 15 is 0 Å². The Labute approximate surface area is 201 Å². The minimum atomic E-state index is -3.10. The van der Waals surface area contributed by atoms with Crippen LogP contribution >= 0.6 is 35.6 Å². The lowest BCUT2D eigenvalue weighted by atomic mass is 10.1. The van der Waals surface area contributed by atoms with E-state index in [-0.39, 0.29) is 35.8 Å². The van der Waals surface area contributed by atoms with Crippen LogP contribution in [0.3, 0.4) is 0 Å². The zero-order valence-electron chi connectivity index (χ0n) is 17.4. The van der Waals surface area contributed by atoms with Gasteiger partial charge in [0.05, 0.1) is 5.75 Å². The number of rotatable bonds is 7. The summed E-state index contributed by atoms with van der Waals surface area (Å²) in [6, 6.07) is 6.08. The molecule has 1 fully saturated rings. The lowest BCUT2D eigenvalue weighted by Crippen LogP contribution is -2.50. The van der Waals surface area contributed by atoms with E-state index in [9.17, 15) is 8.42 Å². The zero-order chi connectivity index (χ0) is 20.9. The van der Waals surface area contributed by atoms with E-state index < -0.39 is 10.0 Å². The molecule has 7 nitrogen and oxygen atoms in total. The van der Waals surface area contributed by atoms with Crippen LogP contribution < -0.4 is 10.6 Å². The highest BCUT2D eigenvalue weighted by molar-refractivity contribution is 14.0. The third-order valence-corrected chi connectivity index (χ3v) is 7.60. The second-order valence-electron chi connectivity index (χ2n) is 7.39. The second kappa shape index (κ2) is 11.5. The number of fused-ring (bicyclic) bond motifs is 1. The molecule has 1 aromatic carbocycles. The number of halogens is 2. The molecule has 0 amide bonds. The van der Waals surface area contributed by atoms with Crippen molar-refractivity contribution in [3.8, 4) is 0 Å². The van der Waals surface area contributed by atoms with Crippen LogP contribution in [0.1, 0.15) is 31.7 Å². The SMILES string of the molecule is CCCS(=O)(=O)N1CCC(NC(=NC)NCCc2c[nH]c3ccc(Cl)cc23)CC1.I. The Bertz CT molecular complexity index is 955. The molecule has 0 unspecified atom stereocenters. The minimum Gasteiger partial charge on any atom is -0.361 e. The van der Waals surface area contributed by atoms with Gasteiger partial charge in [-0.1, -0.05) is 18.5 Å². The van der Waals surface area contributed by atoms with Crippen LogP contribution in [0, 0.1) is 0 Å². The quantitative estimate of drug-likeness (QED) is 0.272.